The smallest absolute Gasteiger partial charge is 0.254 e. The number of rotatable bonds is 6. The zero-order valence-electron chi connectivity index (χ0n) is 13.5. The van der Waals surface area contributed by atoms with Gasteiger partial charge in [0, 0.05) is 11.9 Å². The summed E-state index contributed by atoms with van der Waals surface area (Å²) in [6.07, 6.45) is 6.62. The van der Waals surface area contributed by atoms with Gasteiger partial charge in [0.05, 0.1) is 18.5 Å². The highest BCUT2D eigenvalue weighted by Gasteiger charge is 2.28. The monoisotopic (exact) mass is 323 g/mol. The van der Waals surface area contributed by atoms with Gasteiger partial charge in [-0.25, -0.2) is 0 Å². The number of aromatic nitrogens is 2. The van der Waals surface area contributed by atoms with Crippen LogP contribution >= 0.6 is 0 Å². The van der Waals surface area contributed by atoms with Gasteiger partial charge < -0.3 is 11.1 Å². The molecule has 3 rings (SSSR count). The van der Waals surface area contributed by atoms with E-state index >= 15 is 0 Å². The lowest BCUT2D eigenvalue weighted by Crippen LogP contribution is -2.18. The molecule has 1 saturated carbocycles. The highest BCUT2D eigenvalue weighted by molar-refractivity contribution is 5.98. The molecule has 1 aliphatic carbocycles. The van der Waals surface area contributed by atoms with Gasteiger partial charge in [-0.1, -0.05) is 31.0 Å². The SMILES string of the molecule is N#CCC(C1CCCC1)n1cc(C(N)=O)c(Nc2ccccc2)n1. The van der Waals surface area contributed by atoms with Crippen molar-refractivity contribution in [3.63, 3.8) is 0 Å². The quantitative estimate of drug-likeness (QED) is 0.851. The van der Waals surface area contributed by atoms with Gasteiger partial charge in [0.15, 0.2) is 5.82 Å². The van der Waals surface area contributed by atoms with Crippen molar-refractivity contribution in [3.8, 4) is 6.07 Å². The van der Waals surface area contributed by atoms with Crippen LogP contribution in [-0.2, 0) is 0 Å². The molecule has 1 fully saturated rings. The third kappa shape index (κ3) is 3.40. The van der Waals surface area contributed by atoms with E-state index in [0.29, 0.717) is 23.7 Å². The number of hydrogen-bond acceptors (Lipinski definition) is 4. The highest BCUT2D eigenvalue weighted by atomic mass is 16.1. The number of nitriles is 1. The number of nitrogens with zero attached hydrogens (tertiary/aromatic N) is 3. The van der Waals surface area contributed by atoms with Crippen molar-refractivity contribution < 1.29 is 4.79 Å². The fraction of sp³-hybridized carbons (Fsp3) is 0.389. The lowest BCUT2D eigenvalue weighted by atomic mass is 9.96. The average Bonchev–Trinajstić information content (AvgIpc) is 3.23. The van der Waals surface area contributed by atoms with Crippen LogP contribution in [0.3, 0.4) is 0 Å². The largest absolute Gasteiger partial charge is 0.365 e. The van der Waals surface area contributed by atoms with Crippen molar-refractivity contribution in [1.82, 2.24) is 9.78 Å². The molecule has 124 valence electrons. The molecule has 2 aromatic rings. The van der Waals surface area contributed by atoms with Crippen LogP contribution in [0.15, 0.2) is 36.5 Å². The van der Waals surface area contributed by atoms with Gasteiger partial charge in [-0.3, -0.25) is 9.48 Å². The first-order valence-corrected chi connectivity index (χ1v) is 8.27. The number of anilines is 2. The van der Waals surface area contributed by atoms with E-state index in [1.165, 1.54) is 12.8 Å². The zero-order valence-corrected chi connectivity index (χ0v) is 13.5. The van der Waals surface area contributed by atoms with Crippen molar-refractivity contribution in [2.45, 2.75) is 38.1 Å². The predicted octanol–water partition coefficient (Wildman–Crippen LogP) is 3.37. The fourth-order valence-corrected chi connectivity index (χ4v) is 3.40. The maximum absolute atomic E-state index is 11.8. The van der Waals surface area contributed by atoms with Gasteiger partial charge in [0.2, 0.25) is 0 Å². The molecular formula is C18H21N5O. The molecule has 1 aliphatic rings. The molecule has 1 aromatic heterocycles. The van der Waals surface area contributed by atoms with Crippen molar-refractivity contribution in [2.75, 3.05) is 5.32 Å². The van der Waals surface area contributed by atoms with Gasteiger partial charge >= 0.3 is 0 Å². The normalized spacial score (nSPS) is 15.8. The van der Waals surface area contributed by atoms with Crippen LogP contribution in [0.2, 0.25) is 0 Å². The first-order chi connectivity index (χ1) is 11.7. The Bertz CT molecular complexity index is 741. The Morgan fingerprint density at radius 1 is 1.38 bits per heavy atom. The molecule has 0 aliphatic heterocycles. The van der Waals surface area contributed by atoms with E-state index in [1.54, 1.807) is 10.9 Å². The molecule has 0 saturated heterocycles. The van der Waals surface area contributed by atoms with Crippen LogP contribution in [0.25, 0.3) is 0 Å². The van der Waals surface area contributed by atoms with Gasteiger partial charge in [0.1, 0.15) is 5.56 Å². The minimum atomic E-state index is -0.526. The van der Waals surface area contributed by atoms with E-state index in [0.717, 1.165) is 18.5 Å². The first kappa shape index (κ1) is 16.1. The minimum absolute atomic E-state index is 0.0121. The predicted molar refractivity (Wildman–Crippen MR) is 91.7 cm³/mol. The molecular weight excluding hydrogens is 302 g/mol. The zero-order chi connectivity index (χ0) is 16.9. The average molecular weight is 323 g/mol. The molecule has 6 nitrogen and oxygen atoms in total. The maximum atomic E-state index is 11.8. The van der Waals surface area contributed by atoms with Crippen LogP contribution in [0.5, 0.6) is 0 Å². The Morgan fingerprint density at radius 3 is 2.71 bits per heavy atom. The van der Waals surface area contributed by atoms with Crippen LogP contribution < -0.4 is 11.1 Å². The van der Waals surface area contributed by atoms with Gasteiger partial charge in [-0.05, 0) is 30.9 Å². The Balaban J connectivity index is 1.92. The molecule has 3 N–H and O–H groups in total. The summed E-state index contributed by atoms with van der Waals surface area (Å²) in [6, 6.07) is 11.8. The summed E-state index contributed by atoms with van der Waals surface area (Å²) in [4.78, 5) is 11.8. The highest BCUT2D eigenvalue weighted by Crippen LogP contribution is 2.36. The molecule has 0 spiro atoms. The number of amides is 1. The van der Waals surface area contributed by atoms with Crippen molar-refractivity contribution in [2.24, 2.45) is 11.7 Å². The molecule has 0 radical (unpaired) electrons. The number of primary amides is 1. The second-order valence-corrected chi connectivity index (χ2v) is 6.20. The number of nitrogens with one attached hydrogen (secondary N) is 1. The number of hydrogen-bond donors (Lipinski definition) is 2. The molecule has 1 heterocycles. The Labute approximate surface area is 141 Å². The topological polar surface area (TPSA) is 96.7 Å². The van der Waals surface area contributed by atoms with E-state index < -0.39 is 5.91 Å². The van der Waals surface area contributed by atoms with Crippen LogP contribution in [0.4, 0.5) is 11.5 Å². The molecule has 1 aromatic carbocycles. The summed E-state index contributed by atoms with van der Waals surface area (Å²) >= 11 is 0. The van der Waals surface area contributed by atoms with E-state index in [4.69, 9.17) is 5.73 Å². The van der Waals surface area contributed by atoms with E-state index in [-0.39, 0.29) is 6.04 Å². The minimum Gasteiger partial charge on any atom is -0.365 e. The fourth-order valence-electron chi connectivity index (χ4n) is 3.40. The van der Waals surface area contributed by atoms with E-state index in [1.807, 2.05) is 30.3 Å². The molecule has 24 heavy (non-hydrogen) atoms. The Hall–Kier alpha value is -2.81. The van der Waals surface area contributed by atoms with Crippen molar-refractivity contribution in [1.29, 1.82) is 5.26 Å². The molecule has 1 atom stereocenters. The number of carbonyl (C=O) groups excluding carboxylic acids is 1. The molecule has 1 amide bonds. The lowest BCUT2D eigenvalue weighted by molar-refractivity contribution is 0.100. The Morgan fingerprint density at radius 2 is 2.08 bits per heavy atom. The van der Waals surface area contributed by atoms with Crippen LogP contribution in [0, 0.1) is 17.2 Å². The summed E-state index contributed by atoms with van der Waals surface area (Å²) in [5, 5.41) is 16.9. The molecule has 0 bridgehead atoms. The summed E-state index contributed by atoms with van der Waals surface area (Å²) in [5.41, 5.74) is 6.69. The standard InChI is InChI=1S/C18H21N5O/c19-11-10-16(13-6-4-5-7-13)23-12-15(17(20)24)18(22-23)21-14-8-2-1-3-9-14/h1-3,8-9,12-13,16H,4-7,10H2,(H2,20,24)(H,21,22). The lowest BCUT2D eigenvalue weighted by Gasteiger charge is -2.21. The summed E-state index contributed by atoms with van der Waals surface area (Å²) < 4.78 is 1.75. The molecule has 1 unspecified atom stereocenters. The summed E-state index contributed by atoms with van der Waals surface area (Å²) in [5.74, 6) is 0.339. The van der Waals surface area contributed by atoms with E-state index in [9.17, 15) is 10.1 Å². The number of para-hydroxylation sites is 1. The number of benzene rings is 1. The van der Waals surface area contributed by atoms with Crippen LogP contribution in [-0.4, -0.2) is 15.7 Å². The first-order valence-electron chi connectivity index (χ1n) is 8.27. The number of nitrogens with two attached hydrogens (primary N) is 1. The van der Waals surface area contributed by atoms with Crippen LogP contribution in [0.1, 0.15) is 48.5 Å². The van der Waals surface area contributed by atoms with E-state index in [2.05, 4.69) is 16.5 Å². The third-order valence-corrected chi connectivity index (χ3v) is 4.62. The second kappa shape index (κ2) is 7.18. The third-order valence-electron chi connectivity index (χ3n) is 4.62. The molecule has 6 heteroatoms. The summed E-state index contributed by atoms with van der Waals surface area (Å²) in [6.45, 7) is 0. The number of carbonyl (C=O) groups is 1. The maximum Gasteiger partial charge on any atom is 0.254 e. The van der Waals surface area contributed by atoms with Crippen molar-refractivity contribution >= 4 is 17.4 Å². The van der Waals surface area contributed by atoms with Gasteiger partial charge in [-0.2, -0.15) is 10.4 Å². The Kier molecular flexibility index (Phi) is 4.80. The second-order valence-electron chi connectivity index (χ2n) is 6.20. The van der Waals surface area contributed by atoms with Gasteiger partial charge in [-0.15, -0.1) is 0 Å². The summed E-state index contributed by atoms with van der Waals surface area (Å²) in [7, 11) is 0. The van der Waals surface area contributed by atoms with Gasteiger partial charge in [0.25, 0.3) is 5.91 Å². The van der Waals surface area contributed by atoms with Crippen molar-refractivity contribution in [3.05, 3.63) is 42.1 Å².